The Hall–Kier alpha value is -3.14. The fraction of sp³-hybridized carbons (Fsp3) is 0.417. The first-order valence-electron chi connectivity index (χ1n) is 10.6. The fourth-order valence-corrected chi connectivity index (χ4v) is 3.91. The number of aliphatic hydroxyl groups excluding tert-OH is 1. The zero-order valence-electron chi connectivity index (χ0n) is 19.3. The van der Waals surface area contributed by atoms with Crippen molar-refractivity contribution in [3.05, 3.63) is 52.9 Å². The summed E-state index contributed by atoms with van der Waals surface area (Å²) < 4.78 is 21.5. The van der Waals surface area contributed by atoms with Crippen LogP contribution in [0.15, 0.2) is 30.5 Å². The van der Waals surface area contributed by atoms with E-state index >= 15 is 0 Å². The summed E-state index contributed by atoms with van der Waals surface area (Å²) in [5.74, 6) is 0.109. The summed E-state index contributed by atoms with van der Waals surface area (Å²) in [5.41, 5.74) is 3.15. The number of rotatable bonds is 12. The van der Waals surface area contributed by atoms with E-state index < -0.39 is 17.9 Å². The predicted octanol–water partition coefficient (Wildman–Crippen LogP) is 2.18. The summed E-state index contributed by atoms with van der Waals surface area (Å²) in [6, 6.07) is 5.52. The van der Waals surface area contributed by atoms with Gasteiger partial charge >= 0.3 is 0 Å². The lowest BCUT2D eigenvalue weighted by atomic mass is 9.93. The molecule has 9 heteroatoms. The molecular weight excluding hydrogens is 428 g/mol. The molecule has 2 aromatic rings. The van der Waals surface area contributed by atoms with Gasteiger partial charge in [0, 0.05) is 69.8 Å². The van der Waals surface area contributed by atoms with Crippen LogP contribution in [0.5, 0.6) is 11.5 Å². The van der Waals surface area contributed by atoms with Gasteiger partial charge in [-0.15, -0.1) is 0 Å². The molecule has 0 saturated carbocycles. The van der Waals surface area contributed by atoms with E-state index in [2.05, 4.69) is 4.98 Å². The number of aliphatic hydroxyl groups is 1. The Balaban J connectivity index is 2.04. The maximum atomic E-state index is 12.6. The Morgan fingerprint density at radius 1 is 1.06 bits per heavy atom. The quantitative estimate of drug-likeness (QED) is 0.368. The zero-order valence-corrected chi connectivity index (χ0v) is 19.3. The van der Waals surface area contributed by atoms with Gasteiger partial charge in [-0.2, -0.15) is 0 Å². The third-order valence-corrected chi connectivity index (χ3v) is 5.63. The van der Waals surface area contributed by atoms with Crippen molar-refractivity contribution in [3.63, 3.8) is 0 Å². The number of nitrogens with zero attached hydrogens (tertiary/aromatic N) is 1. The molecule has 1 aliphatic carbocycles. The van der Waals surface area contributed by atoms with Crippen LogP contribution in [0.2, 0.25) is 0 Å². The van der Waals surface area contributed by atoms with E-state index in [1.807, 2.05) is 17.0 Å². The molecule has 0 amide bonds. The highest BCUT2D eigenvalue weighted by Gasteiger charge is 2.33. The van der Waals surface area contributed by atoms with Gasteiger partial charge in [0.15, 0.2) is 6.29 Å². The molecule has 0 bridgehead atoms. The summed E-state index contributed by atoms with van der Waals surface area (Å²) in [7, 11) is 6.25. The highest BCUT2D eigenvalue weighted by atomic mass is 16.7. The molecule has 0 atom stereocenters. The lowest BCUT2D eigenvalue weighted by molar-refractivity contribution is -0.111. The van der Waals surface area contributed by atoms with Crippen molar-refractivity contribution in [1.82, 2.24) is 9.88 Å². The van der Waals surface area contributed by atoms with Gasteiger partial charge in [0.2, 0.25) is 11.6 Å². The Bertz CT molecular complexity index is 1020. The minimum atomic E-state index is -0.600. The molecule has 178 valence electrons. The number of methoxy groups -OCH3 is 4. The van der Waals surface area contributed by atoms with Gasteiger partial charge in [0.05, 0.1) is 19.9 Å². The fourth-order valence-electron chi connectivity index (χ4n) is 3.91. The standard InChI is InChI=1S/C24H30N2O7/c1-30-17-7-6-15(20(11-17)31-2)14-26(8-5-9-27)18-12-19(28)24(29)23-22(18)16(13-25-23)10-21(32-3)33-4/h6-7,11-13,21,25,27H,5,8-10,14H2,1-4H3. The van der Waals surface area contributed by atoms with E-state index in [9.17, 15) is 14.7 Å². The number of benzene rings is 1. The SMILES string of the molecule is COc1ccc(CN(CCCO)C2=CC(=O)C(=O)c3[nH]cc(CC(OC)OC)c32)c(OC)c1. The zero-order chi connectivity index (χ0) is 24.0. The van der Waals surface area contributed by atoms with Crippen molar-refractivity contribution < 1.29 is 33.6 Å². The average Bonchev–Trinajstić information content (AvgIpc) is 3.26. The van der Waals surface area contributed by atoms with Gasteiger partial charge in [-0.1, -0.05) is 0 Å². The van der Waals surface area contributed by atoms with Gasteiger partial charge in [-0.3, -0.25) is 9.59 Å². The number of carbonyl (C=O) groups excluding carboxylic acids is 2. The second-order valence-corrected chi connectivity index (χ2v) is 7.57. The minimum Gasteiger partial charge on any atom is -0.497 e. The summed E-state index contributed by atoms with van der Waals surface area (Å²) in [6.45, 7) is 0.836. The van der Waals surface area contributed by atoms with Gasteiger partial charge < -0.3 is 33.9 Å². The number of aromatic nitrogens is 1. The Morgan fingerprint density at radius 2 is 1.82 bits per heavy atom. The highest BCUT2D eigenvalue weighted by molar-refractivity contribution is 6.50. The first-order chi connectivity index (χ1) is 16.0. The van der Waals surface area contributed by atoms with Crippen molar-refractivity contribution >= 4 is 17.3 Å². The smallest absolute Gasteiger partial charge is 0.249 e. The second kappa shape index (κ2) is 11.1. The van der Waals surface area contributed by atoms with Gasteiger partial charge in [-0.25, -0.2) is 0 Å². The van der Waals surface area contributed by atoms with Crippen LogP contribution < -0.4 is 9.47 Å². The molecule has 1 aromatic carbocycles. The number of aromatic amines is 1. The van der Waals surface area contributed by atoms with E-state index in [1.54, 1.807) is 40.7 Å². The second-order valence-electron chi connectivity index (χ2n) is 7.57. The van der Waals surface area contributed by atoms with Crippen LogP contribution in [0.3, 0.4) is 0 Å². The number of ketones is 2. The topological polar surface area (TPSA) is 110 Å². The van der Waals surface area contributed by atoms with Crippen molar-refractivity contribution in [2.45, 2.75) is 25.7 Å². The number of ether oxygens (including phenoxy) is 4. The van der Waals surface area contributed by atoms with Crippen LogP contribution in [-0.4, -0.2) is 74.4 Å². The van der Waals surface area contributed by atoms with Crippen molar-refractivity contribution in [3.8, 4) is 11.5 Å². The third kappa shape index (κ3) is 5.27. The van der Waals surface area contributed by atoms with Crippen molar-refractivity contribution in [2.24, 2.45) is 0 Å². The largest absolute Gasteiger partial charge is 0.497 e. The number of hydrogen-bond acceptors (Lipinski definition) is 8. The molecule has 33 heavy (non-hydrogen) atoms. The molecule has 0 fully saturated rings. The summed E-state index contributed by atoms with van der Waals surface area (Å²) in [6.07, 6.45) is 3.43. The average molecular weight is 459 g/mol. The highest BCUT2D eigenvalue weighted by Crippen LogP contribution is 2.34. The summed E-state index contributed by atoms with van der Waals surface area (Å²) in [5, 5.41) is 9.49. The Morgan fingerprint density at radius 3 is 2.45 bits per heavy atom. The lowest BCUT2D eigenvalue weighted by Crippen LogP contribution is -2.30. The van der Waals surface area contributed by atoms with Crippen molar-refractivity contribution in [2.75, 3.05) is 41.6 Å². The van der Waals surface area contributed by atoms with Crippen LogP contribution >= 0.6 is 0 Å². The van der Waals surface area contributed by atoms with E-state index in [0.717, 1.165) is 11.1 Å². The van der Waals surface area contributed by atoms with E-state index in [0.29, 0.717) is 48.7 Å². The van der Waals surface area contributed by atoms with Crippen LogP contribution in [0.25, 0.3) is 5.70 Å². The van der Waals surface area contributed by atoms with Crippen LogP contribution in [0.1, 0.15) is 33.6 Å². The number of nitrogens with one attached hydrogen (secondary N) is 1. The number of fused-ring (bicyclic) bond motifs is 1. The molecule has 3 rings (SSSR count). The monoisotopic (exact) mass is 458 g/mol. The maximum absolute atomic E-state index is 12.6. The number of Topliss-reactive ketones (excluding diaryl/α,β-unsaturated/α-hetero) is 1. The summed E-state index contributed by atoms with van der Waals surface area (Å²) >= 11 is 0. The molecule has 9 nitrogen and oxygen atoms in total. The molecule has 0 unspecified atom stereocenters. The number of H-pyrrole nitrogens is 1. The number of allylic oxidation sites excluding steroid dienone is 1. The first kappa shape index (κ1) is 24.5. The molecular formula is C24H30N2O7. The Kier molecular flexibility index (Phi) is 8.26. The van der Waals surface area contributed by atoms with Gasteiger partial charge in [0.25, 0.3) is 0 Å². The van der Waals surface area contributed by atoms with Crippen LogP contribution in [0.4, 0.5) is 0 Å². The van der Waals surface area contributed by atoms with Crippen LogP contribution in [0, 0.1) is 0 Å². The van der Waals surface area contributed by atoms with E-state index in [-0.39, 0.29) is 12.3 Å². The maximum Gasteiger partial charge on any atom is 0.249 e. The Labute approximate surface area is 192 Å². The number of carbonyl (C=O) groups is 2. The predicted molar refractivity (Wildman–Crippen MR) is 121 cm³/mol. The molecule has 1 aliphatic rings. The van der Waals surface area contributed by atoms with Crippen LogP contribution in [-0.2, 0) is 27.2 Å². The summed E-state index contributed by atoms with van der Waals surface area (Å²) in [4.78, 5) is 30.1. The number of hydrogen-bond donors (Lipinski definition) is 2. The minimum absolute atomic E-state index is 0.0152. The van der Waals surface area contributed by atoms with Crippen molar-refractivity contribution in [1.29, 1.82) is 0 Å². The molecule has 2 N–H and O–H groups in total. The molecule has 0 radical (unpaired) electrons. The molecule has 0 saturated heterocycles. The van der Waals surface area contributed by atoms with Gasteiger partial charge in [-0.05, 0) is 24.1 Å². The molecule has 0 spiro atoms. The van der Waals surface area contributed by atoms with E-state index in [1.165, 1.54) is 6.08 Å². The molecule has 1 aromatic heterocycles. The van der Waals surface area contributed by atoms with Gasteiger partial charge in [0.1, 0.15) is 17.2 Å². The normalized spacial score (nSPS) is 13.2. The molecule has 0 aliphatic heterocycles. The molecule has 1 heterocycles. The lowest BCUT2D eigenvalue weighted by Gasteiger charge is -2.30. The third-order valence-electron chi connectivity index (χ3n) is 5.63. The van der Waals surface area contributed by atoms with E-state index in [4.69, 9.17) is 18.9 Å². The first-order valence-corrected chi connectivity index (χ1v) is 10.6.